The van der Waals surface area contributed by atoms with Gasteiger partial charge in [0.2, 0.25) is 0 Å². The van der Waals surface area contributed by atoms with E-state index in [4.69, 9.17) is 11.6 Å². The van der Waals surface area contributed by atoms with Crippen molar-refractivity contribution in [1.29, 1.82) is 0 Å². The number of nitrogens with zero attached hydrogens (tertiary/aromatic N) is 3. The van der Waals surface area contributed by atoms with Crippen LogP contribution in [0.4, 0.5) is 4.39 Å². The molecule has 1 aromatic carbocycles. The zero-order chi connectivity index (χ0) is 13.8. The second-order valence-electron chi connectivity index (χ2n) is 4.31. The molecule has 1 atom stereocenters. The number of rotatable bonds is 5. The van der Waals surface area contributed by atoms with E-state index in [1.807, 2.05) is 14.0 Å². The summed E-state index contributed by atoms with van der Waals surface area (Å²) >= 11 is 5.81. The average Bonchev–Trinajstić information content (AvgIpc) is 2.80. The summed E-state index contributed by atoms with van der Waals surface area (Å²) in [7, 11) is 1.82. The summed E-state index contributed by atoms with van der Waals surface area (Å²) in [6.07, 6.45) is 2.19. The highest BCUT2D eigenvalue weighted by Crippen LogP contribution is 2.23. The number of aromatic nitrogens is 3. The molecule has 0 bridgehead atoms. The highest BCUT2D eigenvalue weighted by atomic mass is 35.5. The molecule has 1 unspecified atom stereocenters. The third-order valence-electron chi connectivity index (χ3n) is 3.01. The number of halogens is 2. The molecule has 2 aromatic rings. The number of aryl methyl sites for hydroxylation is 1. The number of benzene rings is 1. The Balaban J connectivity index is 2.27. The Hall–Kier alpha value is -1.46. The largest absolute Gasteiger partial charge is 0.309 e. The van der Waals surface area contributed by atoms with E-state index in [9.17, 15) is 4.39 Å². The van der Waals surface area contributed by atoms with Crippen LogP contribution in [-0.2, 0) is 13.5 Å². The lowest BCUT2D eigenvalue weighted by molar-refractivity contribution is 0.494. The summed E-state index contributed by atoms with van der Waals surface area (Å²) < 4.78 is 15.6. The van der Waals surface area contributed by atoms with E-state index >= 15 is 0 Å². The van der Waals surface area contributed by atoms with Gasteiger partial charge in [0, 0.05) is 7.05 Å². The lowest BCUT2D eigenvalue weighted by Gasteiger charge is -2.18. The van der Waals surface area contributed by atoms with Crippen molar-refractivity contribution >= 4 is 11.6 Å². The van der Waals surface area contributed by atoms with Crippen LogP contribution in [0.25, 0.3) is 0 Å². The topological polar surface area (TPSA) is 42.7 Å². The predicted octanol–water partition coefficient (Wildman–Crippen LogP) is 2.50. The van der Waals surface area contributed by atoms with E-state index < -0.39 is 0 Å². The molecule has 4 nitrogen and oxygen atoms in total. The Kier molecular flexibility index (Phi) is 4.50. The minimum atomic E-state index is -0.359. The van der Waals surface area contributed by atoms with Gasteiger partial charge in [-0.05, 0) is 24.6 Å². The van der Waals surface area contributed by atoms with Gasteiger partial charge in [0.1, 0.15) is 5.82 Å². The molecule has 0 spiro atoms. The van der Waals surface area contributed by atoms with Crippen LogP contribution in [0.15, 0.2) is 24.4 Å². The van der Waals surface area contributed by atoms with Gasteiger partial charge in [-0.2, -0.15) is 0 Å². The molecule has 0 fully saturated rings. The van der Waals surface area contributed by atoms with Crippen molar-refractivity contribution in [2.75, 3.05) is 6.54 Å². The molecule has 0 saturated carbocycles. The lowest BCUT2D eigenvalue weighted by Crippen LogP contribution is -2.25. The van der Waals surface area contributed by atoms with Gasteiger partial charge in [-0.1, -0.05) is 35.9 Å². The maximum absolute atomic E-state index is 13.9. The van der Waals surface area contributed by atoms with Crippen molar-refractivity contribution in [2.45, 2.75) is 19.4 Å². The highest BCUT2D eigenvalue weighted by molar-refractivity contribution is 6.30. The Bertz CT molecular complexity index is 555. The normalized spacial score (nSPS) is 12.6. The Morgan fingerprint density at radius 1 is 1.47 bits per heavy atom. The third kappa shape index (κ3) is 3.11. The zero-order valence-corrected chi connectivity index (χ0v) is 11.7. The first kappa shape index (κ1) is 14.0. The fraction of sp³-hybridized carbons (Fsp3) is 0.385. The lowest BCUT2D eigenvalue weighted by atomic mass is 10.0. The monoisotopic (exact) mass is 282 g/mol. The van der Waals surface area contributed by atoms with Gasteiger partial charge >= 0.3 is 0 Å². The van der Waals surface area contributed by atoms with Gasteiger partial charge in [-0.3, -0.25) is 4.68 Å². The van der Waals surface area contributed by atoms with Crippen LogP contribution in [0.3, 0.4) is 0 Å². The van der Waals surface area contributed by atoms with E-state index in [2.05, 4.69) is 15.6 Å². The molecule has 6 heteroatoms. The molecular weight excluding hydrogens is 267 g/mol. The molecule has 19 heavy (non-hydrogen) atoms. The minimum Gasteiger partial charge on any atom is -0.309 e. The quantitative estimate of drug-likeness (QED) is 0.916. The second-order valence-corrected chi connectivity index (χ2v) is 4.72. The summed E-state index contributed by atoms with van der Waals surface area (Å²) in [6.45, 7) is 2.78. The van der Waals surface area contributed by atoms with E-state index in [-0.39, 0.29) is 16.9 Å². The molecule has 1 N–H and O–H groups in total. The van der Waals surface area contributed by atoms with Crippen LogP contribution in [-0.4, -0.2) is 21.5 Å². The van der Waals surface area contributed by atoms with E-state index in [0.717, 1.165) is 12.2 Å². The van der Waals surface area contributed by atoms with Gasteiger partial charge in [0.05, 0.1) is 23.0 Å². The molecule has 0 aliphatic rings. The van der Waals surface area contributed by atoms with Gasteiger partial charge in [0.15, 0.2) is 0 Å². The number of hydrogen-bond donors (Lipinski definition) is 1. The fourth-order valence-corrected chi connectivity index (χ4v) is 2.26. The number of nitrogens with one attached hydrogen (secondary N) is 1. The van der Waals surface area contributed by atoms with Crippen molar-refractivity contribution in [3.63, 3.8) is 0 Å². The molecule has 102 valence electrons. The SMILES string of the molecule is CCNC(Cc1cccc(Cl)c1F)c1cnnn1C. The van der Waals surface area contributed by atoms with Crippen molar-refractivity contribution in [1.82, 2.24) is 20.3 Å². The standard InChI is InChI=1S/C13H16ClFN4/c1-3-16-11(12-8-17-18-19(12)2)7-9-5-4-6-10(14)13(9)15/h4-6,8,11,16H,3,7H2,1-2H3. The molecule has 1 heterocycles. The van der Waals surface area contributed by atoms with Crippen LogP contribution in [0.2, 0.25) is 5.02 Å². The first-order valence-corrected chi connectivity index (χ1v) is 6.52. The number of hydrogen-bond acceptors (Lipinski definition) is 3. The molecule has 0 radical (unpaired) electrons. The van der Waals surface area contributed by atoms with Crippen LogP contribution >= 0.6 is 11.6 Å². The van der Waals surface area contributed by atoms with Crippen molar-refractivity contribution in [3.8, 4) is 0 Å². The van der Waals surface area contributed by atoms with E-state index in [1.54, 1.807) is 29.1 Å². The summed E-state index contributed by atoms with van der Waals surface area (Å²) in [6, 6.07) is 5.01. The van der Waals surface area contributed by atoms with Crippen molar-refractivity contribution in [3.05, 3.63) is 46.5 Å². The van der Waals surface area contributed by atoms with Gasteiger partial charge in [-0.15, -0.1) is 5.10 Å². The highest BCUT2D eigenvalue weighted by Gasteiger charge is 2.18. The van der Waals surface area contributed by atoms with E-state index in [1.165, 1.54) is 0 Å². The van der Waals surface area contributed by atoms with Gasteiger partial charge in [0.25, 0.3) is 0 Å². The maximum atomic E-state index is 13.9. The summed E-state index contributed by atoms with van der Waals surface area (Å²) in [5.74, 6) is -0.359. The number of likely N-dealkylation sites (N-methyl/N-ethyl adjacent to an activating group) is 1. The van der Waals surface area contributed by atoms with E-state index in [0.29, 0.717) is 12.0 Å². The molecule has 0 saturated heterocycles. The van der Waals surface area contributed by atoms with Crippen molar-refractivity contribution in [2.24, 2.45) is 7.05 Å². The van der Waals surface area contributed by atoms with Crippen LogP contribution in [0.1, 0.15) is 24.2 Å². The smallest absolute Gasteiger partial charge is 0.145 e. The second kappa shape index (κ2) is 6.12. The maximum Gasteiger partial charge on any atom is 0.145 e. The fourth-order valence-electron chi connectivity index (χ4n) is 2.07. The Morgan fingerprint density at radius 2 is 2.26 bits per heavy atom. The molecule has 0 aliphatic carbocycles. The first-order valence-electron chi connectivity index (χ1n) is 6.14. The molecular formula is C13H16ClFN4. The van der Waals surface area contributed by atoms with Crippen LogP contribution in [0.5, 0.6) is 0 Å². The summed E-state index contributed by atoms with van der Waals surface area (Å²) in [5.41, 5.74) is 1.50. The predicted molar refractivity (Wildman–Crippen MR) is 72.5 cm³/mol. The summed E-state index contributed by atoms with van der Waals surface area (Å²) in [4.78, 5) is 0. The first-order chi connectivity index (χ1) is 9.13. The Labute approximate surface area is 116 Å². The Morgan fingerprint density at radius 3 is 2.89 bits per heavy atom. The summed E-state index contributed by atoms with van der Waals surface area (Å²) in [5, 5.41) is 11.2. The minimum absolute atomic E-state index is 0.0435. The van der Waals surface area contributed by atoms with Crippen molar-refractivity contribution < 1.29 is 4.39 Å². The molecule has 0 amide bonds. The van der Waals surface area contributed by atoms with Gasteiger partial charge in [-0.25, -0.2) is 4.39 Å². The zero-order valence-electron chi connectivity index (χ0n) is 10.9. The molecule has 0 aliphatic heterocycles. The van der Waals surface area contributed by atoms with Crippen LogP contribution in [0, 0.1) is 5.82 Å². The molecule has 2 rings (SSSR count). The van der Waals surface area contributed by atoms with Gasteiger partial charge < -0.3 is 5.32 Å². The average molecular weight is 283 g/mol. The molecule has 1 aromatic heterocycles. The third-order valence-corrected chi connectivity index (χ3v) is 3.30. The van der Waals surface area contributed by atoms with Crippen LogP contribution < -0.4 is 5.32 Å².